The Labute approximate surface area is 135 Å². The Bertz CT molecular complexity index is 426. The fourth-order valence-electron chi connectivity index (χ4n) is 2.34. The van der Waals surface area contributed by atoms with Crippen LogP contribution in [0.2, 0.25) is 0 Å². The molecule has 0 amide bonds. The molecule has 0 aromatic heterocycles. The van der Waals surface area contributed by atoms with E-state index in [9.17, 15) is 4.79 Å². The molecule has 0 bridgehead atoms. The molecule has 22 heavy (non-hydrogen) atoms. The average Bonchev–Trinajstić information content (AvgIpc) is 2.53. The van der Waals surface area contributed by atoms with E-state index >= 15 is 0 Å². The highest BCUT2D eigenvalue weighted by Gasteiger charge is 2.11. The zero-order valence-electron chi connectivity index (χ0n) is 14.6. The number of carbonyl (C=O) groups is 1. The van der Waals surface area contributed by atoms with Gasteiger partial charge >= 0.3 is 5.97 Å². The summed E-state index contributed by atoms with van der Waals surface area (Å²) in [6.07, 6.45) is 5.60. The lowest BCUT2D eigenvalue weighted by Crippen LogP contribution is -2.15. The van der Waals surface area contributed by atoms with Gasteiger partial charge in [-0.1, -0.05) is 45.2 Å². The van der Waals surface area contributed by atoms with E-state index in [1.54, 1.807) is 0 Å². The van der Waals surface area contributed by atoms with Crippen molar-refractivity contribution in [2.45, 2.75) is 46.0 Å². The van der Waals surface area contributed by atoms with Crippen LogP contribution in [-0.2, 0) is 11.2 Å². The summed E-state index contributed by atoms with van der Waals surface area (Å²) in [5.41, 5.74) is 1.90. The van der Waals surface area contributed by atoms with Crippen LogP contribution in [0.15, 0.2) is 24.3 Å². The number of esters is 1. The van der Waals surface area contributed by atoms with Gasteiger partial charge in [0.2, 0.25) is 0 Å². The number of nitrogens with zero attached hydrogens (tertiary/aromatic N) is 1. The van der Waals surface area contributed by atoms with Gasteiger partial charge < -0.3 is 9.64 Å². The van der Waals surface area contributed by atoms with Gasteiger partial charge in [-0.15, -0.1) is 0 Å². The minimum absolute atomic E-state index is 0.200. The molecular weight excluding hydrogens is 274 g/mol. The SMILES string of the molecule is CCCCC(CC)COC(=O)c1ccc(CCN(C)C)cc1. The number of hydrogen-bond donors (Lipinski definition) is 0. The fourth-order valence-corrected chi connectivity index (χ4v) is 2.34. The molecule has 124 valence electrons. The molecule has 1 unspecified atom stereocenters. The molecule has 0 radical (unpaired) electrons. The summed E-state index contributed by atoms with van der Waals surface area (Å²) < 4.78 is 5.47. The van der Waals surface area contributed by atoms with Gasteiger partial charge in [0.15, 0.2) is 0 Å². The molecule has 0 heterocycles. The molecule has 1 atom stereocenters. The van der Waals surface area contributed by atoms with Crippen molar-refractivity contribution in [3.05, 3.63) is 35.4 Å². The van der Waals surface area contributed by atoms with Crippen LogP contribution >= 0.6 is 0 Å². The highest BCUT2D eigenvalue weighted by atomic mass is 16.5. The third-order valence-electron chi connectivity index (χ3n) is 4.03. The second kappa shape index (κ2) is 10.4. The monoisotopic (exact) mass is 305 g/mol. The summed E-state index contributed by atoms with van der Waals surface area (Å²) in [5.74, 6) is 0.289. The number of ether oxygens (including phenoxy) is 1. The quantitative estimate of drug-likeness (QED) is 0.608. The molecule has 0 saturated carbocycles. The second-order valence-corrected chi connectivity index (χ2v) is 6.27. The van der Waals surface area contributed by atoms with Gasteiger partial charge in [0.1, 0.15) is 0 Å². The van der Waals surface area contributed by atoms with Crippen LogP contribution in [0, 0.1) is 5.92 Å². The third kappa shape index (κ3) is 7.08. The largest absolute Gasteiger partial charge is 0.462 e. The van der Waals surface area contributed by atoms with E-state index in [1.165, 1.54) is 18.4 Å². The van der Waals surface area contributed by atoms with E-state index in [2.05, 4.69) is 32.8 Å². The first-order chi connectivity index (χ1) is 10.6. The molecule has 3 nitrogen and oxygen atoms in total. The normalized spacial score (nSPS) is 12.4. The van der Waals surface area contributed by atoms with Crippen molar-refractivity contribution in [1.29, 1.82) is 0 Å². The maximum atomic E-state index is 12.1. The Morgan fingerprint density at radius 3 is 2.41 bits per heavy atom. The first kappa shape index (κ1) is 18.7. The topological polar surface area (TPSA) is 29.5 Å². The summed E-state index contributed by atoms with van der Waals surface area (Å²) in [5, 5.41) is 0. The molecule has 0 aliphatic heterocycles. The predicted octanol–water partition coefficient (Wildman–Crippen LogP) is 4.16. The minimum atomic E-state index is -0.200. The van der Waals surface area contributed by atoms with Gasteiger partial charge in [0.25, 0.3) is 0 Å². The zero-order valence-corrected chi connectivity index (χ0v) is 14.6. The summed E-state index contributed by atoms with van der Waals surface area (Å²) in [6, 6.07) is 7.80. The van der Waals surface area contributed by atoms with Crippen LogP contribution in [0.5, 0.6) is 0 Å². The van der Waals surface area contributed by atoms with Crippen molar-refractivity contribution in [2.24, 2.45) is 5.92 Å². The van der Waals surface area contributed by atoms with Gasteiger partial charge in [0.05, 0.1) is 12.2 Å². The molecule has 0 aliphatic carbocycles. The van der Waals surface area contributed by atoms with Gasteiger partial charge in [0, 0.05) is 6.54 Å². The van der Waals surface area contributed by atoms with Gasteiger partial charge in [-0.25, -0.2) is 4.79 Å². The summed E-state index contributed by atoms with van der Waals surface area (Å²) in [7, 11) is 4.13. The standard InChI is InChI=1S/C19H31NO2/c1-5-7-8-16(6-2)15-22-19(21)18-11-9-17(10-12-18)13-14-20(3)4/h9-12,16H,5-8,13-15H2,1-4H3. The lowest BCUT2D eigenvalue weighted by atomic mass is 10.0. The molecule has 3 heteroatoms. The van der Waals surface area contributed by atoms with Crippen molar-refractivity contribution in [2.75, 3.05) is 27.2 Å². The maximum Gasteiger partial charge on any atom is 0.338 e. The average molecular weight is 305 g/mol. The summed E-state index contributed by atoms with van der Waals surface area (Å²) >= 11 is 0. The highest BCUT2D eigenvalue weighted by molar-refractivity contribution is 5.89. The van der Waals surface area contributed by atoms with E-state index in [4.69, 9.17) is 4.74 Å². The van der Waals surface area contributed by atoms with Gasteiger partial charge in [-0.2, -0.15) is 0 Å². The van der Waals surface area contributed by atoms with Crippen molar-refractivity contribution < 1.29 is 9.53 Å². The Hall–Kier alpha value is -1.35. The first-order valence-corrected chi connectivity index (χ1v) is 8.47. The molecule has 0 fully saturated rings. The fraction of sp³-hybridized carbons (Fsp3) is 0.632. The molecule has 0 saturated heterocycles. The van der Waals surface area contributed by atoms with Crippen molar-refractivity contribution in [1.82, 2.24) is 4.90 Å². The number of carbonyl (C=O) groups excluding carboxylic acids is 1. The van der Waals surface area contributed by atoms with Crippen molar-refractivity contribution in [3.8, 4) is 0 Å². The van der Waals surface area contributed by atoms with Crippen LogP contribution in [-0.4, -0.2) is 38.1 Å². The number of benzene rings is 1. The van der Waals surface area contributed by atoms with Gasteiger partial charge in [-0.05, 0) is 50.6 Å². The Kier molecular flexibility index (Phi) is 8.83. The predicted molar refractivity (Wildman–Crippen MR) is 92.3 cm³/mol. The van der Waals surface area contributed by atoms with Crippen LogP contribution in [0.3, 0.4) is 0 Å². The van der Waals surface area contributed by atoms with Crippen LogP contribution in [0.25, 0.3) is 0 Å². The van der Waals surface area contributed by atoms with Crippen molar-refractivity contribution in [3.63, 3.8) is 0 Å². The van der Waals surface area contributed by atoms with Crippen LogP contribution in [0.4, 0.5) is 0 Å². The van der Waals surface area contributed by atoms with E-state index in [0.717, 1.165) is 25.8 Å². The number of likely N-dealkylation sites (N-methyl/N-ethyl adjacent to an activating group) is 1. The summed E-state index contributed by atoms with van der Waals surface area (Å²) in [4.78, 5) is 14.2. The Morgan fingerprint density at radius 2 is 1.86 bits per heavy atom. The zero-order chi connectivity index (χ0) is 16.4. The lowest BCUT2D eigenvalue weighted by molar-refractivity contribution is 0.0428. The number of hydrogen-bond acceptors (Lipinski definition) is 3. The molecule has 0 N–H and O–H groups in total. The number of rotatable bonds is 10. The van der Waals surface area contributed by atoms with E-state index in [1.807, 2.05) is 24.3 Å². The first-order valence-electron chi connectivity index (χ1n) is 8.47. The molecule has 0 spiro atoms. The maximum absolute atomic E-state index is 12.1. The smallest absolute Gasteiger partial charge is 0.338 e. The Balaban J connectivity index is 2.44. The van der Waals surface area contributed by atoms with E-state index in [0.29, 0.717) is 18.1 Å². The molecule has 1 aromatic carbocycles. The van der Waals surface area contributed by atoms with Crippen LogP contribution < -0.4 is 0 Å². The van der Waals surface area contributed by atoms with Crippen LogP contribution in [0.1, 0.15) is 55.5 Å². The second-order valence-electron chi connectivity index (χ2n) is 6.27. The molecule has 0 aliphatic rings. The highest BCUT2D eigenvalue weighted by Crippen LogP contribution is 2.14. The third-order valence-corrected chi connectivity index (χ3v) is 4.03. The van der Waals surface area contributed by atoms with E-state index in [-0.39, 0.29) is 5.97 Å². The molecular formula is C19H31NO2. The number of unbranched alkanes of at least 4 members (excludes halogenated alkanes) is 1. The molecule has 1 rings (SSSR count). The Morgan fingerprint density at radius 1 is 1.18 bits per heavy atom. The van der Waals surface area contributed by atoms with Gasteiger partial charge in [-0.3, -0.25) is 0 Å². The van der Waals surface area contributed by atoms with Crippen molar-refractivity contribution >= 4 is 5.97 Å². The minimum Gasteiger partial charge on any atom is -0.462 e. The molecule has 1 aromatic rings. The lowest BCUT2D eigenvalue weighted by Gasteiger charge is -2.14. The summed E-state index contributed by atoms with van der Waals surface area (Å²) in [6.45, 7) is 5.90. The van der Waals surface area contributed by atoms with E-state index < -0.39 is 0 Å².